The number of aromatic hydroxyl groups is 1. The zero-order chi connectivity index (χ0) is 20.8. The normalized spacial score (nSPS) is 14.2. The van der Waals surface area contributed by atoms with Crippen LogP contribution in [0.1, 0.15) is 0 Å². The Kier molecular flexibility index (Phi) is 4.08. The van der Waals surface area contributed by atoms with Crippen LogP contribution >= 0.6 is 10.2 Å². The third-order valence-corrected chi connectivity index (χ3v) is 4.86. The molecule has 3 rings (SSSR count). The van der Waals surface area contributed by atoms with Crippen LogP contribution in [0.3, 0.4) is 0 Å². The Labute approximate surface area is 154 Å². The summed E-state index contributed by atoms with van der Waals surface area (Å²) in [5, 5.41) is 11.8. The molecular formula is C17H11F7N2OS. The maximum absolute atomic E-state index is 13.6. The van der Waals surface area contributed by atoms with E-state index in [-0.39, 0.29) is 34.8 Å². The fraction of sp³-hybridized carbons (Fsp3) is 0. The molecule has 0 radical (unpaired) electrons. The quantitative estimate of drug-likeness (QED) is 0.438. The highest BCUT2D eigenvalue weighted by Crippen LogP contribution is 3.02. The Morgan fingerprint density at radius 2 is 1.43 bits per heavy atom. The number of nitrogens with one attached hydrogen (secondary N) is 1. The molecule has 0 amide bonds. The molecule has 11 heteroatoms. The summed E-state index contributed by atoms with van der Waals surface area (Å²) in [4.78, 5) is 1.90. The average Bonchev–Trinajstić information content (AvgIpc) is 2.58. The van der Waals surface area contributed by atoms with E-state index in [9.17, 15) is 33.3 Å². The lowest BCUT2D eigenvalue weighted by molar-refractivity contribution is 0.364. The van der Waals surface area contributed by atoms with Crippen LogP contribution in [0.5, 0.6) is 5.75 Å². The Hall–Kier alpha value is -2.95. The third-order valence-electron chi connectivity index (χ3n) is 3.70. The summed E-state index contributed by atoms with van der Waals surface area (Å²) in [6.45, 7) is 0. The molecule has 0 unspecified atom stereocenters. The Morgan fingerprint density at radius 3 is 1.96 bits per heavy atom. The van der Waals surface area contributed by atoms with Gasteiger partial charge in [-0.3, -0.25) is 0 Å². The van der Waals surface area contributed by atoms with Crippen LogP contribution in [0, 0.1) is 11.6 Å². The van der Waals surface area contributed by atoms with E-state index in [1.165, 1.54) is 18.3 Å². The lowest BCUT2D eigenvalue weighted by atomic mass is 10.1. The Bertz CT molecular complexity index is 1030. The van der Waals surface area contributed by atoms with Gasteiger partial charge in [0, 0.05) is 17.4 Å². The lowest BCUT2D eigenvalue weighted by Crippen LogP contribution is -2.06. The molecule has 3 nitrogen and oxygen atoms in total. The molecule has 0 aliphatic heterocycles. The first-order valence-electron chi connectivity index (χ1n) is 7.49. The summed E-state index contributed by atoms with van der Waals surface area (Å²) >= 11 is 0. The van der Waals surface area contributed by atoms with Gasteiger partial charge in [-0.05, 0) is 54.1 Å². The summed E-state index contributed by atoms with van der Waals surface area (Å²) in [6, 6.07) is 6.58. The summed E-state index contributed by atoms with van der Waals surface area (Å²) in [5.74, 6) is -3.59. The second-order valence-corrected chi connectivity index (χ2v) is 8.22. The number of nitrogens with zero attached hydrogens (tertiary/aromatic N) is 1. The first-order chi connectivity index (χ1) is 12.7. The highest BCUT2D eigenvalue weighted by molar-refractivity contribution is 8.45. The van der Waals surface area contributed by atoms with Crippen molar-refractivity contribution in [3.63, 3.8) is 0 Å². The fourth-order valence-electron chi connectivity index (χ4n) is 2.39. The van der Waals surface area contributed by atoms with Crippen LogP contribution in [0.4, 0.5) is 39.7 Å². The SMILES string of the molecule is Oc1c(F)cc(-c2cccnc2Nc2ccc(S(F)(F)(F)(F)F)cc2)cc1F. The van der Waals surface area contributed by atoms with Crippen LogP contribution < -0.4 is 5.32 Å². The van der Waals surface area contributed by atoms with Gasteiger partial charge in [-0.15, -0.1) is 0 Å². The lowest BCUT2D eigenvalue weighted by Gasteiger charge is -2.40. The topological polar surface area (TPSA) is 45.2 Å². The number of hydrogen-bond acceptors (Lipinski definition) is 3. The molecule has 0 bridgehead atoms. The van der Waals surface area contributed by atoms with Gasteiger partial charge in [-0.1, -0.05) is 19.4 Å². The summed E-state index contributed by atoms with van der Waals surface area (Å²) in [6.07, 6.45) is 1.31. The van der Waals surface area contributed by atoms with Crippen molar-refractivity contribution in [2.75, 3.05) is 5.32 Å². The van der Waals surface area contributed by atoms with Crippen LogP contribution in [-0.2, 0) is 0 Å². The largest absolute Gasteiger partial charge is 0.503 e. The van der Waals surface area contributed by atoms with Crippen LogP contribution in [-0.4, -0.2) is 10.1 Å². The Morgan fingerprint density at radius 1 is 0.857 bits per heavy atom. The number of aromatic nitrogens is 1. The summed E-state index contributed by atoms with van der Waals surface area (Å²) in [5.41, 5.74) is 0.148. The highest BCUT2D eigenvalue weighted by Gasteiger charge is 2.65. The second kappa shape index (κ2) is 5.77. The number of phenols is 1. The monoisotopic (exact) mass is 424 g/mol. The number of pyridine rings is 1. The van der Waals surface area contributed by atoms with Gasteiger partial charge in [-0.25, -0.2) is 13.8 Å². The highest BCUT2D eigenvalue weighted by atomic mass is 32.5. The molecule has 28 heavy (non-hydrogen) atoms. The number of phenolic OH excluding ortho intramolecular Hbond substituents is 1. The first kappa shape index (κ1) is 19.8. The minimum atomic E-state index is -9.79. The van der Waals surface area contributed by atoms with E-state index in [1.807, 2.05) is 0 Å². The third kappa shape index (κ3) is 4.14. The number of anilines is 2. The van der Waals surface area contributed by atoms with Gasteiger partial charge in [0.05, 0.1) is 0 Å². The molecule has 3 aromatic rings. The minimum absolute atomic E-state index is 0.00656. The molecule has 1 heterocycles. The van der Waals surface area contributed by atoms with Gasteiger partial charge in [0.25, 0.3) is 0 Å². The molecule has 0 saturated carbocycles. The van der Waals surface area contributed by atoms with Gasteiger partial charge in [0.2, 0.25) is 0 Å². The van der Waals surface area contributed by atoms with E-state index in [1.54, 1.807) is 0 Å². The van der Waals surface area contributed by atoms with E-state index in [4.69, 9.17) is 0 Å². The van der Waals surface area contributed by atoms with Gasteiger partial charge >= 0.3 is 10.2 Å². The van der Waals surface area contributed by atoms with E-state index in [0.717, 1.165) is 24.3 Å². The number of halogens is 7. The van der Waals surface area contributed by atoms with E-state index in [2.05, 4.69) is 10.3 Å². The number of hydrogen-bond donors (Lipinski definition) is 2. The Balaban J connectivity index is 1.97. The smallest absolute Gasteiger partial charge is 0.310 e. The standard InChI is InChI=1S/C17H11F7N2OS/c18-14-8-10(9-15(19)16(14)27)13-2-1-7-25-17(13)26-11-3-5-12(6-4-11)28(20,21,22,23)24/h1-9,27H,(H,25,26). The van der Waals surface area contributed by atoms with E-state index < -0.39 is 32.5 Å². The molecule has 0 atom stereocenters. The zero-order valence-electron chi connectivity index (χ0n) is 13.6. The second-order valence-electron chi connectivity index (χ2n) is 5.81. The van der Waals surface area contributed by atoms with Crippen molar-refractivity contribution in [1.29, 1.82) is 0 Å². The molecular weight excluding hydrogens is 413 g/mol. The van der Waals surface area contributed by atoms with Gasteiger partial charge in [-0.2, -0.15) is 0 Å². The van der Waals surface area contributed by atoms with E-state index >= 15 is 0 Å². The number of rotatable bonds is 4. The molecule has 0 fully saturated rings. The van der Waals surface area contributed by atoms with Crippen molar-refractivity contribution >= 4 is 21.7 Å². The number of benzene rings is 2. The zero-order valence-corrected chi connectivity index (χ0v) is 14.5. The average molecular weight is 424 g/mol. The molecule has 0 aliphatic rings. The maximum Gasteiger partial charge on any atom is 0.310 e. The molecule has 0 saturated heterocycles. The van der Waals surface area contributed by atoms with Crippen molar-refractivity contribution in [2.45, 2.75) is 4.90 Å². The van der Waals surface area contributed by atoms with Crippen molar-refractivity contribution < 1.29 is 33.3 Å². The predicted molar refractivity (Wildman–Crippen MR) is 92.4 cm³/mol. The minimum Gasteiger partial charge on any atom is -0.503 e. The van der Waals surface area contributed by atoms with Gasteiger partial charge < -0.3 is 10.4 Å². The summed E-state index contributed by atoms with van der Waals surface area (Å²) in [7, 11) is -9.79. The molecule has 150 valence electrons. The van der Waals surface area contributed by atoms with E-state index in [0.29, 0.717) is 0 Å². The molecule has 0 spiro atoms. The van der Waals surface area contributed by atoms with Crippen molar-refractivity contribution in [3.05, 3.63) is 66.4 Å². The van der Waals surface area contributed by atoms with Crippen molar-refractivity contribution in [1.82, 2.24) is 4.98 Å². The van der Waals surface area contributed by atoms with Crippen molar-refractivity contribution in [3.8, 4) is 16.9 Å². The molecule has 1 aromatic heterocycles. The molecule has 2 aromatic carbocycles. The van der Waals surface area contributed by atoms with Crippen molar-refractivity contribution in [2.24, 2.45) is 0 Å². The maximum atomic E-state index is 13.6. The molecule has 2 N–H and O–H groups in total. The first-order valence-corrected chi connectivity index (χ1v) is 9.44. The molecule has 0 aliphatic carbocycles. The predicted octanol–water partition coefficient (Wildman–Crippen LogP) is 7.13. The van der Waals surface area contributed by atoms with Crippen LogP contribution in [0.2, 0.25) is 0 Å². The van der Waals surface area contributed by atoms with Crippen LogP contribution in [0.15, 0.2) is 59.6 Å². The van der Waals surface area contributed by atoms with Gasteiger partial charge in [0.1, 0.15) is 10.7 Å². The summed E-state index contributed by atoms with van der Waals surface area (Å²) < 4.78 is 91.1. The van der Waals surface area contributed by atoms with Crippen LogP contribution in [0.25, 0.3) is 11.1 Å². The van der Waals surface area contributed by atoms with Gasteiger partial charge in [0.15, 0.2) is 17.4 Å². The fourth-order valence-corrected chi connectivity index (χ4v) is 3.04.